The summed E-state index contributed by atoms with van der Waals surface area (Å²) < 4.78 is 9.54. The number of piperazine rings is 1. The Morgan fingerprint density at radius 2 is 2.21 bits per heavy atom. The van der Waals surface area contributed by atoms with E-state index in [2.05, 4.69) is 40.1 Å². The number of hydrogen-bond acceptors (Lipinski definition) is 5. The van der Waals surface area contributed by atoms with Crippen molar-refractivity contribution in [2.24, 2.45) is 5.41 Å². The van der Waals surface area contributed by atoms with Gasteiger partial charge in [0.15, 0.2) is 0 Å². The summed E-state index contributed by atoms with van der Waals surface area (Å²) in [6.45, 7) is 6.60. The molecule has 2 aliphatic rings. The Kier molecular flexibility index (Phi) is 4.47. The van der Waals surface area contributed by atoms with Crippen LogP contribution < -0.4 is 5.32 Å². The van der Waals surface area contributed by atoms with Gasteiger partial charge >= 0.3 is 6.16 Å². The van der Waals surface area contributed by atoms with Crippen molar-refractivity contribution in [1.82, 2.24) is 10.2 Å². The van der Waals surface area contributed by atoms with Crippen molar-refractivity contribution in [3.63, 3.8) is 0 Å². The molecular formula is C14H22N2O3. The molecule has 0 saturated carbocycles. The monoisotopic (exact) mass is 266 g/mol. The maximum Gasteiger partial charge on any atom is 0.508 e. The number of allylic oxidation sites excluding steroid dienone is 2. The normalized spacial score (nSPS) is 26.8. The van der Waals surface area contributed by atoms with E-state index in [-0.39, 0.29) is 5.41 Å². The van der Waals surface area contributed by atoms with E-state index >= 15 is 0 Å². The molecule has 0 aromatic heterocycles. The molecular weight excluding hydrogens is 244 g/mol. The maximum absolute atomic E-state index is 11.0. The second kappa shape index (κ2) is 6.10. The maximum atomic E-state index is 11.0. The molecule has 19 heavy (non-hydrogen) atoms. The van der Waals surface area contributed by atoms with Gasteiger partial charge in [-0.15, -0.1) is 0 Å². The number of carbonyl (C=O) groups excluding carboxylic acids is 1. The quantitative estimate of drug-likeness (QED) is 0.785. The summed E-state index contributed by atoms with van der Waals surface area (Å²) in [7, 11) is 1.32. The molecule has 0 amide bonds. The minimum Gasteiger partial charge on any atom is -0.438 e. The molecule has 1 aliphatic heterocycles. The SMILES string of the molecule is COC(=O)OCC1(C)C=CC(N2CCNCC2)=CC1. The molecule has 1 atom stereocenters. The van der Waals surface area contributed by atoms with Crippen LogP contribution in [0.5, 0.6) is 0 Å². The zero-order valence-electron chi connectivity index (χ0n) is 11.6. The topological polar surface area (TPSA) is 50.8 Å². The van der Waals surface area contributed by atoms with Crippen LogP contribution in [-0.4, -0.2) is 51.0 Å². The van der Waals surface area contributed by atoms with Gasteiger partial charge in [-0.3, -0.25) is 0 Å². The van der Waals surface area contributed by atoms with Gasteiger partial charge in [0.2, 0.25) is 0 Å². The van der Waals surface area contributed by atoms with Crippen LogP contribution in [0.2, 0.25) is 0 Å². The van der Waals surface area contributed by atoms with Crippen LogP contribution in [0, 0.1) is 5.41 Å². The van der Waals surface area contributed by atoms with Gasteiger partial charge < -0.3 is 19.7 Å². The van der Waals surface area contributed by atoms with E-state index in [1.54, 1.807) is 0 Å². The average molecular weight is 266 g/mol. The third kappa shape index (κ3) is 3.73. The molecule has 0 spiro atoms. The lowest BCUT2D eigenvalue weighted by atomic mass is 9.84. The highest BCUT2D eigenvalue weighted by Crippen LogP contribution is 2.30. The molecule has 1 unspecified atom stereocenters. The molecule has 5 heteroatoms. The lowest BCUT2D eigenvalue weighted by molar-refractivity contribution is 0.0495. The van der Waals surface area contributed by atoms with Crippen LogP contribution in [0.4, 0.5) is 4.79 Å². The fraction of sp³-hybridized carbons (Fsp3) is 0.643. The van der Waals surface area contributed by atoms with Gasteiger partial charge in [0, 0.05) is 37.3 Å². The first kappa shape index (κ1) is 13.9. The Labute approximate surface area is 114 Å². The van der Waals surface area contributed by atoms with Gasteiger partial charge in [0.1, 0.15) is 6.61 Å². The van der Waals surface area contributed by atoms with Gasteiger partial charge in [-0.25, -0.2) is 4.79 Å². The number of rotatable bonds is 3. The van der Waals surface area contributed by atoms with Crippen LogP contribution >= 0.6 is 0 Å². The number of nitrogens with one attached hydrogen (secondary N) is 1. The van der Waals surface area contributed by atoms with Crippen molar-refractivity contribution in [3.05, 3.63) is 23.9 Å². The molecule has 1 fully saturated rings. The molecule has 1 heterocycles. The summed E-state index contributed by atoms with van der Waals surface area (Å²) >= 11 is 0. The minimum absolute atomic E-state index is 0.133. The van der Waals surface area contributed by atoms with Gasteiger partial charge in [-0.05, 0) is 12.5 Å². The van der Waals surface area contributed by atoms with Crippen molar-refractivity contribution in [3.8, 4) is 0 Å². The highest BCUT2D eigenvalue weighted by molar-refractivity contribution is 5.59. The third-order valence-corrected chi connectivity index (χ3v) is 3.60. The van der Waals surface area contributed by atoms with Crippen LogP contribution in [0.1, 0.15) is 13.3 Å². The number of carbonyl (C=O) groups is 1. The van der Waals surface area contributed by atoms with Crippen LogP contribution in [0.3, 0.4) is 0 Å². The molecule has 0 radical (unpaired) electrons. The smallest absolute Gasteiger partial charge is 0.438 e. The van der Waals surface area contributed by atoms with Crippen molar-refractivity contribution >= 4 is 6.16 Å². The lowest BCUT2D eigenvalue weighted by Gasteiger charge is -2.34. The van der Waals surface area contributed by atoms with Gasteiger partial charge in [-0.1, -0.05) is 19.1 Å². The van der Waals surface area contributed by atoms with E-state index in [1.807, 2.05) is 0 Å². The minimum atomic E-state index is -0.619. The Hall–Kier alpha value is -1.49. The summed E-state index contributed by atoms with van der Waals surface area (Å²) in [6.07, 6.45) is 6.75. The van der Waals surface area contributed by atoms with E-state index in [9.17, 15) is 4.79 Å². The highest BCUT2D eigenvalue weighted by Gasteiger charge is 2.26. The summed E-state index contributed by atoms with van der Waals surface area (Å²) in [5.41, 5.74) is 1.14. The van der Waals surface area contributed by atoms with Crippen LogP contribution in [0.25, 0.3) is 0 Å². The highest BCUT2D eigenvalue weighted by atomic mass is 16.7. The van der Waals surface area contributed by atoms with Gasteiger partial charge in [0.25, 0.3) is 0 Å². The molecule has 0 bridgehead atoms. The van der Waals surface area contributed by atoms with Gasteiger partial charge in [-0.2, -0.15) is 0 Å². The largest absolute Gasteiger partial charge is 0.508 e. The number of methoxy groups -OCH3 is 1. The second-order valence-electron chi connectivity index (χ2n) is 5.30. The van der Waals surface area contributed by atoms with E-state index in [1.165, 1.54) is 12.8 Å². The second-order valence-corrected chi connectivity index (χ2v) is 5.30. The Bertz CT molecular complexity index is 386. The fourth-order valence-electron chi connectivity index (χ4n) is 2.31. The summed E-state index contributed by atoms with van der Waals surface area (Å²) in [5.74, 6) is 0. The van der Waals surface area contributed by atoms with E-state index in [0.717, 1.165) is 32.6 Å². The molecule has 0 aromatic rings. The first-order valence-corrected chi connectivity index (χ1v) is 6.69. The zero-order valence-corrected chi connectivity index (χ0v) is 11.6. The first-order chi connectivity index (χ1) is 9.13. The number of nitrogens with zero attached hydrogens (tertiary/aromatic N) is 1. The Balaban J connectivity index is 1.87. The van der Waals surface area contributed by atoms with Crippen molar-refractivity contribution in [2.45, 2.75) is 13.3 Å². The Morgan fingerprint density at radius 1 is 1.47 bits per heavy atom. The standard InChI is InChI=1S/C14H22N2O3/c1-14(11-19-13(17)18-2)5-3-12(4-6-14)16-9-7-15-8-10-16/h3-5,15H,6-11H2,1-2H3. The van der Waals surface area contributed by atoms with Crippen LogP contribution in [-0.2, 0) is 9.47 Å². The van der Waals surface area contributed by atoms with E-state index in [4.69, 9.17) is 4.74 Å². The fourth-order valence-corrected chi connectivity index (χ4v) is 2.31. The molecule has 1 N–H and O–H groups in total. The first-order valence-electron chi connectivity index (χ1n) is 6.69. The predicted molar refractivity (Wildman–Crippen MR) is 72.7 cm³/mol. The average Bonchev–Trinajstić information content (AvgIpc) is 2.46. The molecule has 5 nitrogen and oxygen atoms in total. The molecule has 0 aromatic carbocycles. The molecule has 1 saturated heterocycles. The van der Waals surface area contributed by atoms with Crippen LogP contribution in [0.15, 0.2) is 23.9 Å². The third-order valence-electron chi connectivity index (χ3n) is 3.60. The Morgan fingerprint density at radius 3 is 2.79 bits per heavy atom. The summed E-state index contributed by atoms with van der Waals surface area (Å²) in [6, 6.07) is 0. The van der Waals surface area contributed by atoms with Crippen molar-refractivity contribution in [1.29, 1.82) is 0 Å². The van der Waals surface area contributed by atoms with Gasteiger partial charge in [0.05, 0.1) is 7.11 Å². The lowest BCUT2D eigenvalue weighted by Crippen LogP contribution is -2.43. The van der Waals surface area contributed by atoms with Crippen molar-refractivity contribution in [2.75, 3.05) is 39.9 Å². The molecule has 2 rings (SSSR count). The number of hydrogen-bond donors (Lipinski definition) is 1. The van der Waals surface area contributed by atoms with E-state index < -0.39 is 6.16 Å². The summed E-state index contributed by atoms with van der Waals surface area (Å²) in [5, 5.41) is 3.34. The van der Waals surface area contributed by atoms with Crippen molar-refractivity contribution < 1.29 is 14.3 Å². The number of ether oxygens (including phenoxy) is 2. The zero-order chi connectivity index (χ0) is 13.7. The molecule has 1 aliphatic carbocycles. The summed E-state index contributed by atoms with van der Waals surface area (Å²) in [4.78, 5) is 13.4. The predicted octanol–water partition coefficient (Wildman–Crippen LogP) is 1.52. The van der Waals surface area contributed by atoms with E-state index in [0.29, 0.717) is 6.61 Å². The molecule has 106 valence electrons.